The van der Waals surface area contributed by atoms with E-state index in [2.05, 4.69) is 9.71 Å². The number of hydrogen-bond donors (Lipinski definition) is 2. The smallest absolute Gasteiger partial charge is 0.234 e. The number of nitrogens with one attached hydrogen (secondary N) is 1. The molecule has 0 aliphatic carbocycles. The maximum absolute atomic E-state index is 11.1. The first-order valence-corrected chi connectivity index (χ1v) is 6.25. The van der Waals surface area contributed by atoms with E-state index < -0.39 is 10.0 Å². The van der Waals surface area contributed by atoms with Gasteiger partial charge < -0.3 is 5.73 Å². The summed E-state index contributed by atoms with van der Waals surface area (Å²) in [5.41, 5.74) is 6.02. The third-order valence-corrected chi connectivity index (χ3v) is 3.58. The molecule has 1 rings (SSSR count). The van der Waals surface area contributed by atoms with Crippen LogP contribution in [0.4, 0.5) is 5.13 Å². The van der Waals surface area contributed by atoms with E-state index in [9.17, 15) is 8.42 Å². The average molecular weight is 258 g/mol. The van der Waals surface area contributed by atoms with E-state index in [-0.39, 0.29) is 18.2 Å². The van der Waals surface area contributed by atoms with Gasteiger partial charge in [0.2, 0.25) is 10.0 Å². The summed E-state index contributed by atoms with van der Waals surface area (Å²) in [6.07, 6.45) is 0. The Hall–Kier alpha value is -0.370. The molecule has 3 N–H and O–H groups in total. The SMILES string of the molecule is CCS(=O)(=O)Nc1nc(CN)cs1.Cl. The van der Waals surface area contributed by atoms with E-state index in [1.807, 2.05) is 0 Å². The van der Waals surface area contributed by atoms with Crippen molar-refractivity contribution in [1.29, 1.82) is 0 Å². The molecule has 0 aliphatic rings. The Kier molecular flexibility index (Phi) is 5.35. The second-order valence-corrected chi connectivity index (χ2v) is 5.22. The van der Waals surface area contributed by atoms with Crippen molar-refractivity contribution in [2.24, 2.45) is 5.73 Å². The monoisotopic (exact) mass is 257 g/mol. The van der Waals surface area contributed by atoms with E-state index in [0.29, 0.717) is 17.4 Å². The van der Waals surface area contributed by atoms with Gasteiger partial charge in [-0.2, -0.15) is 0 Å². The molecule has 0 saturated carbocycles. The number of nitrogens with zero attached hydrogens (tertiary/aromatic N) is 1. The fourth-order valence-electron chi connectivity index (χ4n) is 0.653. The lowest BCUT2D eigenvalue weighted by Gasteiger charge is -1.99. The first kappa shape index (κ1) is 13.6. The highest BCUT2D eigenvalue weighted by atomic mass is 35.5. The summed E-state index contributed by atoms with van der Waals surface area (Å²) in [4.78, 5) is 3.97. The zero-order chi connectivity index (χ0) is 9.90. The summed E-state index contributed by atoms with van der Waals surface area (Å²) in [6, 6.07) is 0. The zero-order valence-electron chi connectivity index (χ0n) is 7.56. The summed E-state index contributed by atoms with van der Waals surface area (Å²) < 4.78 is 24.5. The van der Waals surface area contributed by atoms with Crippen LogP contribution in [0.15, 0.2) is 5.38 Å². The average Bonchev–Trinajstić information content (AvgIpc) is 2.52. The number of sulfonamides is 1. The van der Waals surface area contributed by atoms with Crippen LogP contribution < -0.4 is 10.5 Å². The van der Waals surface area contributed by atoms with Crippen molar-refractivity contribution in [2.75, 3.05) is 10.5 Å². The summed E-state index contributed by atoms with van der Waals surface area (Å²) in [5.74, 6) is 0.0462. The minimum Gasteiger partial charge on any atom is -0.325 e. The molecular weight excluding hydrogens is 246 g/mol. The largest absolute Gasteiger partial charge is 0.325 e. The molecule has 8 heteroatoms. The van der Waals surface area contributed by atoms with E-state index in [4.69, 9.17) is 5.73 Å². The van der Waals surface area contributed by atoms with Crippen molar-refractivity contribution in [3.63, 3.8) is 0 Å². The summed E-state index contributed by atoms with van der Waals surface area (Å²) in [5, 5.41) is 2.11. The molecule has 1 aromatic rings. The molecule has 5 nitrogen and oxygen atoms in total. The molecule has 1 heterocycles. The molecule has 1 aromatic heterocycles. The Morgan fingerprint density at radius 2 is 2.29 bits per heavy atom. The predicted octanol–water partition coefficient (Wildman–Crippen LogP) is 0.785. The van der Waals surface area contributed by atoms with E-state index in [0.717, 1.165) is 0 Å². The fourth-order valence-corrected chi connectivity index (χ4v) is 2.25. The van der Waals surface area contributed by atoms with Gasteiger partial charge >= 0.3 is 0 Å². The highest BCUT2D eigenvalue weighted by Gasteiger charge is 2.09. The lowest BCUT2D eigenvalue weighted by Crippen LogP contribution is -2.14. The summed E-state index contributed by atoms with van der Waals surface area (Å²) >= 11 is 1.23. The van der Waals surface area contributed by atoms with Gasteiger partial charge in [-0.15, -0.1) is 23.7 Å². The van der Waals surface area contributed by atoms with Gasteiger partial charge in [-0.1, -0.05) is 0 Å². The molecule has 0 radical (unpaired) electrons. The normalized spacial score (nSPS) is 10.7. The molecule has 82 valence electrons. The molecule has 0 bridgehead atoms. The Bertz CT molecular complexity index is 376. The van der Waals surface area contributed by atoms with Crippen LogP contribution in [-0.2, 0) is 16.6 Å². The van der Waals surface area contributed by atoms with Gasteiger partial charge in [0.05, 0.1) is 11.4 Å². The highest BCUT2D eigenvalue weighted by Crippen LogP contribution is 2.16. The molecule has 0 aromatic carbocycles. The summed E-state index contributed by atoms with van der Waals surface area (Å²) in [6.45, 7) is 1.89. The van der Waals surface area contributed by atoms with Crippen LogP contribution in [0.2, 0.25) is 0 Å². The second-order valence-electron chi connectivity index (χ2n) is 2.35. The minimum absolute atomic E-state index is 0. The Labute approximate surface area is 93.2 Å². The standard InChI is InChI=1S/C6H11N3O2S2.ClH/c1-2-13(10,11)9-6-8-5(3-7)4-12-6;/h4H,2-3,7H2,1H3,(H,8,9);1H. The Balaban J connectivity index is 0.00000169. The summed E-state index contributed by atoms with van der Waals surface area (Å²) in [7, 11) is -3.21. The van der Waals surface area contributed by atoms with Gasteiger partial charge in [0, 0.05) is 11.9 Å². The van der Waals surface area contributed by atoms with Crippen LogP contribution in [0.5, 0.6) is 0 Å². The molecule has 14 heavy (non-hydrogen) atoms. The maximum Gasteiger partial charge on any atom is 0.234 e. The van der Waals surface area contributed by atoms with E-state index >= 15 is 0 Å². The van der Waals surface area contributed by atoms with Crippen LogP contribution >= 0.6 is 23.7 Å². The maximum atomic E-state index is 11.1. The minimum atomic E-state index is -3.21. The number of anilines is 1. The third-order valence-electron chi connectivity index (χ3n) is 1.38. The molecule has 0 spiro atoms. The molecule has 0 saturated heterocycles. The van der Waals surface area contributed by atoms with Crippen LogP contribution in [-0.4, -0.2) is 19.2 Å². The first-order valence-electron chi connectivity index (χ1n) is 3.72. The van der Waals surface area contributed by atoms with Gasteiger partial charge in [0.1, 0.15) is 0 Å². The van der Waals surface area contributed by atoms with Gasteiger partial charge in [-0.25, -0.2) is 13.4 Å². The third kappa shape index (κ3) is 3.79. The number of aromatic nitrogens is 1. The zero-order valence-corrected chi connectivity index (χ0v) is 10.0. The van der Waals surface area contributed by atoms with Crippen molar-refractivity contribution in [2.45, 2.75) is 13.5 Å². The lowest BCUT2D eigenvalue weighted by atomic mass is 10.5. The Morgan fingerprint density at radius 1 is 1.64 bits per heavy atom. The fraction of sp³-hybridized carbons (Fsp3) is 0.500. The molecular formula is C6H12ClN3O2S2. The van der Waals surface area contributed by atoms with E-state index in [1.165, 1.54) is 11.3 Å². The van der Waals surface area contributed by atoms with Crippen molar-refractivity contribution in [1.82, 2.24) is 4.98 Å². The molecule has 0 fully saturated rings. The van der Waals surface area contributed by atoms with Crippen molar-refractivity contribution in [3.8, 4) is 0 Å². The van der Waals surface area contributed by atoms with Crippen LogP contribution in [0.3, 0.4) is 0 Å². The lowest BCUT2D eigenvalue weighted by molar-refractivity contribution is 0.602. The number of halogens is 1. The number of nitrogens with two attached hydrogens (primary N) is 1. The second kappa shape index (κ2) is 5.50. The van der Waals surface area contributed by atoms with Gasteiger partial charge in [0.25, 0.3) is 0 Å². The van der Waals surface area contributed by atoms with Gasteiger partial charge in [0.15, 0.2) is 5.13 Å². The highest BCUT2D eigenvalue weighted by molar-refractivity contribution is 7.92. The van der Waals surface area contributed by atoms with Crippen molar-refractivity contribution in [3.05, 3.63) is 11.1 Å². The van der Waals surface area contributed by atoms with Crippen LogP contribution in [0.25, 0.3) is 0 Å². The molecule has 0 atom stereocenters. The first-order chi connectivity index (χ1) is 6.07. The quantitative estimate of drug-likeness (QED) is 0.835. The van der Waals surface area contributed by atoms with E-state index in [1.54, 1.807) is 12.3 Å². The Morgan fingerprint density at radius 3 is 2.71 bits per heavy atom. The molecule has 0 unspecified atom stereocenters. The van der Waals surface area contributed by atoms with Crippen LogP contribution in [0.1, 0.15) is 12.6 Å². The predicted molar refractivity (Wildman–Crippen MR) is 60.3 cm³/mol. The van der Waals surface area contributed by atoms with Gasteiger partial charge in [-0.3, -0.25) is 4.72 Å². The van der Waals surface area contributed by atoms with Gasteiger partial charge in [-0.05, 0) is 6.92 Å². The molecule has 0 aliphatic heterocycles. The molecule has 0 amide bonds. The number of thiazole rings is 1. The van der Waals surface area contributed by atoms with Crippen LogP contribution in [0, 0.1) is 0 Å². The topological polar surface area (TPSA) is 85.1 Å². The van der Waals surface area contributed by atoms with Crippen molar-refractivity contribution >= 4 is 38.9 Å². The number of hydrogen-bond acceptors (Lipinski definition) is 5. The van der Waals surface area contributed by atoms with Crippen molar-refractivity contribution < 1.29 is 8.42 Å². The number of rotatable bonds is 4.